The van der Waals surface area contributed by atoms with E-state index in [-0.39, 0.29) is 18.7 Å². The molecule has 5 aromatic rings. The van der Waals surface area contributed by atoms with Crippen molar-refractivity contribution in [2.24, 2.45) is 5.92 Å². The Bertz CT molecular complexity index is 1800. The predicted octanol–water partition coefficient (Wildman–Crippen LogP) is 6.28. The summed E-state index contributed by atoms with van der Waals surface area (Å²) < 4.78 is 6.64. The van der Waals surface area contributed by atoms with E-state index < -0.39 is 11.9 Å². The molecule has 9 heteroatoms. The van der Waals surface area contributed by atoms with Crippen LogP contribution in [0.1, 0.15) is 41.1 Å². The summed E-state index contributed by atoms with van der Waals surface area (Å²) >= 11 is 2.84. The average molecular weight is 558 g/mol. The van der Waals surface area contributed by atoms with E-state index in [0.29, 0.717) is 26.7 Å². The number of esters is 1. The number of fused-ring (bicyclic) bond motifs is 3. The average Bonchev–Trinajstić information content (AvgIpc) is 3.51. The lowest BCUT2D eigenvalue weighted by Gasteiger charge is -2.18. The Morgan fingerprint density at radius 1 is 1.18 bits per heavy atom. The van der Waals surface area contributed by atoms with E-state index >= 15 is 0 Å². The van der Waals surface area contributed by atoms with Crippen LogP contribution in [0.15, 0.2) is 59.0 Å². The Labute approximate surface area is 233 Å². The molecule has 3 aromatic heterocycles. The summed E-state index contributed by atoms with van der Waals surface area (Å²) in [5.74, 6) is -0.287. The smallest absolute Gasteiger partial charge is 0.341 e. The van der Waals surface area contributed by atoms with Crippen molar-refractivity contribution in [1.82, 2.24) is 9.55 Å². The molecular formula is C30H27N3O4S2. The highest BCUT2D eigenvalue weighted by atomic mass is 32.1. The van der Waals surface area contributed by atoms with Crippen LogP contribution in [0.2, 0.25) is 0 Å². The van der Waals surface area contributed by atoms with Gasteiger partial charge >= 0.3 is 5.97 Å². The van der Waals surface area contributed by atoms with Gasteiger partial charge in [0, 0.05) is 15.8 Å². The Kier molecular flexibility index (Phi) is 6.78. The summed E-state index contributed by atoms with van der Waals surface area (Å²) in [5, 5.41) is 8.04. The molecular weight excluding hydrogens is 530 g/mol. The molecule has 3 heterocycles. The Balaban J connectivity index is 1.31. The van der Waals surface area contributed by atoms with Crippen LogP contribution in [-0.4, -0.2) is 28.0 Å². The number of hydrogen-bond donors (Lipinski definition) is 1. The van der Waals surface area contributed by atoms with E-state index in [1.807, 2.05) is 35.7 Å². The van der Waals surface area contributed by atoms with Gasteiger partial charge in [0.05, 0.1) is 23.9 Å². The number of benzene rings is 2. The molecule has 1 atom stereocenters. The third-order valence-corrected chi connectivity index (χ3v) is 9.24. The summed E-state index contributed by atoms with van der Waals surface area (Å²) in [7, 11) is 0. The van der Waals surface area contributed by atoms with Gasteiger partial charge in [-0.25, -0.2) is 9.78 Å². The fraction of sp³-hybridized carbons (Fsp3) is 0.267. The number of hydrogen-bond acceptors (Lipinski definition) is 7. The number of anilines is 1. The van der Waals surface area contributed by atoms with E-state index in [9.17, 15) is 14.4 Å². The molecule has 0 saturated heterocycles. The first-order valence-corrected chi connectivity index (χ1v) is 14.7. The van der Waals surface area contributed by atoms with Gasteiger partial charge in [-0.1, -0.05) is 43.3 Å². The monoisotopic (exact) mass is 557 g/mol. The van der Waals surface area contributed by atoms with E-state index in [1.54, 1.807) is 6.92 Å². The number of thiophene rings is 2. The molecule has 7 nitrogen and oxygen atoms in total. The van der Waals surface area contributed by atoms with Gasteiger partial charge in [-0.05, 0) is 60.1 Å². The molecule has 1 aliphatic rings. The highest BCUT2D eigenvalue weighted by Gasteiger charge is 2.29. The first-order chi connectivity index (χ1) is 18.9. The lowest BCUT2D eigenvalue weighted by Crippen LogP contribution is -2.28. The van der Waals surface area contributed by atoms with Gasteiger partial charge in [0.15, 0.2) is 0 Å². The number of nitrogens with zero attached hydrogens (tertiary/aromatic N) is 2. The molecule has 0 bridgehead atoms. The van der Waals surface area contributed by atoms with Crippen molar-refractivity contribution in [1.29, 1.82) is 0 Å². The fourth-order valence-electron chi connectivity index (χ4n) is 5.23. The lowest BCUT2D eigenvalue weighted by molar-refractivity contribution is -0.116. The fourth-order valence-corrected chi connectivity index (χ4v) is 7.55. The maximum Gasteiger partial charge on any atom is 0.341 e. The molecule has 6 rings (SSSR count). The lowest BCUT2D eigenvalue weighted by atomic mass is 9.88. The molecule has 0 fully saturated rings. The van der Waals surface area contributed by atoms with Gasteiger partial charge in [-0.3, -0.25) is 14.2 Å². The van der Waals surface area contributed by atoms with Gasteiger partial charge < -0.3 is 10.1 Å². The highest BCUT2D eigenvalue weighted by Crippen LogP contribution is 2.40. The van der Waals surface area contributed by atoms with Crippen molar-refractivity contribution >= 4 is 60.5 Å². The zero-order valence-corrected chi connectivity index (χ0v) is 23.3. The summed E-state index contributed by atoms with van der Waals surface area (Å²) in [6.07, 6.45) is 4.06. The first-order valence-electron chi connectivity index (χ1n) is 13.0. The van der Waals surface area contributed by atoms with Crippen LogP contribution in [-0.2, 0) is 28.9 Å². The van der Waals surface area contributed by atoms with Gasteiger partial charge in [0.1, 0.15) is 16.4 Å². The second-order valence-electron chi connectivity index (χ2n) is 9.89. The normalized spacial score (nSPS) is 14.9. The molecule has 198 valence electrons. The molecule has 39 heavy (non-hydrogen) atoms. The zero-order chi connectivity index (χ0) is 27.1. The minimum Gasteiger partial charge on any atom is -0.462 e. The third kappa shape index (κ3) is 4.77. The first kappa shape index (κ1) is 25.5. The van der Waals surface area contributed by atoms with Gasteiger partial charge in [-0.15, -0.1) is 22.7 Å². The van der Waals surface area contributed by atoms with Crippen molar-refractivity contribution in [3.8, 4) is 11.1 Å². The molecule has 0 spiro atoms. The number of rotatable bonds is 6. The standard InChI is InChI=1S/C30H27N3O4S2/c1-3-37-30(36)26-21-11-8-17(2)12-23(21)39-28(26)32-24(34)14-33-16-31-27-25(29(33)35)22(15-38-27)20-10-9-18-6-4-5-7-19(18)13-20/h4-7,9-10,13,15-17H,3,8,11-12,14H2,1-2H3,(H,32,34). The quantitative estimate of drug-likeness (QED) is 0.248. The van der Waals surface area contributed by atoms with Gasteiger partial charge in [-0.2, -0.15) is 0 Å². The number of carbonyl (C=O) groups is 2. The maximum absolute atomic E-state index is 13.6. The SMILES string of the molecule is CCOC(=O)c1c(NC(=O)Cn2cnc3scc(-c4ccc5ccccc5c4)c3c2=O)sc2c1CCC(C)C2. The van der Waals surface area contributed by atoms with Crippen molar-refractivity contribution in [3.05, 3.63) is 80.5 Å². The van der Waals surface area contributed by atoms with Crippen LogP contribution in [0.25, 0.3) is 32.1 Å². The van der Waals surface area contributed by atoms with Crippen LogP contribution in [0.5, 0.6) is 0 Å². The van der Waals surface area contributed by atoms with Crippen LogP contribution in [0, 0.1) is 5.92 Å². The Morgan fingerprint density at radius 3 is 2.82 bits per heavy atom. The second-order valence-corrected chi connectivity index (χ2v) is 11.9. The summed E-state index contributed by atoms with van der Waals surface area (Å²) in [4.78, 5) is 45.8. The number of nitrogens with one attached hydrogen (secondary N) is 1. The molecule has 1 amide bonds. The Hall–Kier alpha value is -3.82. The summed E-state index contributed by atoms with van der Waals surface area (Å²) in [5.41, 5.74) is 2.89. The minimum absolute atomic E-state index is 0.212. The second kappa shape index (κ2) is 10.4. The predicted molar refractivity (Wildman–Crippen MR) is 157 cm³/mol. The Morgan fingerprint density at radius 2 is 2.00 bits per heavy atom. The number of ether oxygens (including phenoxy) is 1. The topological polar surface area (TPSA) is 90.3 Å². The maximum atomic E-state index is 13.6. The number of amides is 1. The van der Waals surface area contributed by atoms with E-state index in [4.69, 9.17) is 4.74 Å². The molecule has 1 aliphatic carbocycles. The molecule has 1 unspecified atom stereocenters. The van der Waals surface area contributed by atoms with Crippen molar-refractivity contribution in [2.45, 2.75) is 39.7 Å². The van der Waals surface area contributed by atoms with Gasteiger partial charge in [0.25, 0.3) is 5.56 Å². The largest absolute Gasteiger partial charge is 0.462 e. The minimum atomic E-state index is -0.418. The molecule has 2 aromatic carbocycles. The van der Waals surface area contributed by atoms with E-state index in [1.165, 1.54) is 33.6 Å². The molecule has 0 saturated carbocycles. The zero-order valence-electron chi connectivity index (χ0n) is 21.7. The number of carbonyl (C=O) groups excluding carboxylic acids is 2. The van der Waals surface area contributed by atoms with Crippen molar-refractivity contribution < 1.29 is 14.3 Å². The van der Waals surface area contributed by atoms with Gasteiger partial charge in [0.2, 0.25) is 5.91 Å². The highest BCUT2D eigenvalue weighted by molar-refractivity contribution is 7.17. The van der Waals surface area contributed by atoms with Crippen LogP contribution >= 0.6 is 22.7 Å². The van der Waals surface area contributed by atoms with E-state index in [0.717, 1.165) is 51.6 Å². The third-order valence-electron chi connectivity index (χ3n) is 7.18. The molecule has 0 radical (unpaired) electrons. The molecule has 1 N–H and O–H groups in total. The van der Waals surface area contributed by atoms with E-state index in [2.05, 4.69) is 29.4 Å². The molecule has 0 aliphatic heterocycles. The number of aromatic nitrogens is 2. The van der Waals surface area contributed by atoms with Crippen LogP contribution in [0.3, 0.4) is 0 Å². The van der Waals surface area contributed by atoms with Crippen molar-refractivity contribution in [3.63, 3.8) is 0 Å². The summed E-state index contributed by atoms with van der Waals surface area (Å²) in [6.45, 7) is 4.00. The summed E-state index contributed by atoms with van der Waals surface area (Å²) in [6, 6.07) is 14.2. The van der Waals surface area contributed by atoms with Crippen molar-refractivity contribution in [2.75, 3.05) is 11.9 Å². The van der Waals surface area contributed by atoms with Crippen LogP contribution in [0.4, 0.5) is 5.00 Å². The van der Waals surface area contributed by atoms with Crippen LogP contribution < -0.4 is 10.9 Å².